The molecule has 0 atom stereocenters. The second-order valence-corrected chi connectivity index (χ2v) is 14.4. The molecule has 10 aromatic rings. The van der Waals surface area contributed by atoms with Gasteiger partial charge in [0.2, 0.25) is 0 Å². The molecule has 258 valence electrons. The lowest BCUT2D eigenvalue weighted by Crippen LogP contribution is -2.28. The molecular weight excluding hydrogens is 667 g/mol. The van der Waals surface area contributed by atoms with Crippen LogP contribution in [0.5, 0.6) is 0 Å². The number of nitrogens with zero attached hydrogens (tertiary/aromatic N) is 1. The molecule has 0 fully saturated rings. The van der Waals surface area contributed by atoms with Gasteiger partial charge in [0.25, 0.3) is 0 Å². The molecule has 0 saturated carbocycles. The van der Waals surface area contributed by atoms with Crippen molar-refractivity contribution in [3.63, 3.8) is 0 Å². The summed E-state index contributed by atoms with van der Waals surface area (Å²) in [5, 5.41) is 4.53. The third-order valence-electron chi connectivity index (χ3n) is 11.5. The lowest BCUT2D eigenvalue weighted by atomic mass is 9.67. The summed E-state index contributed by atoms with van der Waals surface area (Å²) in [6.45, 7) is 0. The average molecular weight is 702 g/mol. The summed E-state index contributed by atoms with van der Waals surface area (Å²) in [5.74, 6) is 0. The minimum Gasteiger partial charge on any atom is -0.455 e. The maximum atomic E-state index is 6.86. The van der Waals surface area contributed by atoms with Gasteiger partial charge in [-0.3, -0.25) is 0 Å². The number of hydrogen-bond acceptors (Lipinski definition) is 2. The standard InChI is InChI=1S/C53H35NO/c1-5-17-36(18-6-1)47-35-48-45-32-30-41(34-51(45)55-52(48)46-27-14-13-25-42(46)47)54(39-23-11-4-12-24-39)40-29-31-44-43-26-15-16-28-49(43)53(50(44)33-40,37-19-7-2-8-20-37)38-21-9-3-10-22-38/h1-35H. The lowest BCUT2D eigenvalue weighted by molar-refractivity contribution is 0.673. The number of para-hydroxylation sites is 1. The van der Waals surface area contributed by atoms with Gasteiger partial charge in [-0.2, -0.15) is 0 Å². The summed E-state index contributed by atoms with van der Waals surface area (Å²) in [6.07, 6.45) is 0. The molecule has 2 nitrogen and oxygen atoms in total. The zero-order valence-corrected chi connectivity index (χ0v) is 30.1. The fraction of sp³-hybridized carbons (Fsp3) is 0.0189. The Labute approximate surface area is 320 Å². The monoisotopic (exact) mass is 701 g/mol. The van der Waals surface area contributed by atoms with Gasteiger partial charge >= 0.3 is 0 Å². The van der Waals surface area contributed by atoms with Gasteiger partial charge in [0.1, 0.15) is 11.2 Å². The van der Waals surface area contributed by atoms with E-state index in [4.69, 9.17) is 4.42 Å². The highest BCUT2D eigenvalue weighted by Crippen LogP contribution is 2.57. The van der Waals surface area contributed by atoms with E-state index in [0.717, 1.165) is 44.4 Å². The van der Waals surface area contributed by atoms with E-state index >= 15 is 0 Å². The predicted octanol–water partition coefficient (Wildman–Crippen LogP) is 14.2. The van der Waals surface area contributed by atoms with E-state index in [9.17, 15) is 0 Å². The van der Waals surface area contributed by atoms with E-state index in [1.807, 2.05) is 0 Å². The second-order valence-electron chi connectivity index (χ2n) is 14.4. The van der Waals surface area contributed by atoms with Crippen LogP contribution in [0.4, 0.5) is 17.1 Å². The van der Waals surface area contributed by atoms with Crippen LogP contribution in [0.25, 0.3) is 55.0 Å². The second kappa shape index (κ2) is 12.5. The fourth-order valence-electron chi connectivity index (χ4n) is 9.18. The Kier molecular flexibility index (Phi) is 7.11. The van der Waals surface area contributed by atoms with E-state index in [1.165, 1.54) is 49.9 Å². The molecule has 55 heavy (non-hydrogen) atoms. The van der Waals surface area contributed by atoms with E-state index in [1.54, 1.807) is 0 Å². The molecule has 1 aliphatic rings. The molecule has 0 N–H and O–H groups in total. The number of fused-ring (bicyclic) bond motifs is 8. The first-order valence-corrected chi connectivity index (χ1v) is 18.9. The summed E-state index contributed by atoms with van der Waals surface area (Å²) in [4.78, 5) is 2.37. The topological polar surface area (TPSA) is 16.4 Å². The van der Waals surface area contributed by atoms with Crippen molar-refractivity contribution in [2.24, 2.45) is 0 Å². The Morgan fingerprint density at radius 3 is 1.64 bits per heavy atom. The van der Waals surface area contributed by atoms with Crippen molar-refractivity contribution < 1.29 is 4.42 Å². The van der Waals surface area contributed by atoms with Crippen LogP contribution in [0.2, 0.25) is 0 Å². The van der Waals surface area contributed by atoms with E-state index in [-0.39, 0.29) is 0 Å². The van der Waals surface area contributed by atoms with Crippen LogP contribution < -0.4 is 4.90 Å². The number of hydrogen-bond donors (Lipinski definition) is 0. The van der Waals surface area contributed by atoms with Gasteiger partial charge in [-0.25, -0.2) is 0 Å². The van der Waals surface area contributed by atoms with Gasteiger partial charge in [0, 0.05) is 39.3 Å². The molecule has 0 spiro atoms. The largest absolute Gasteiger partial charge is 0.455 e. The first-order chi connectivity index (χ1) is 27.3. The summed E-state index contributed by atoms with van der Waals surface area (Å²) in [5.41, 5.74) is 14.5. The summed E-state index contributed by atoms with van der Waals surface area (Å²) in [6, 6.07) is 76.8. The Bertz CT molecular complexity index is 2980. The number of furan rings is 1. The van der Waals surface area contributed by atoms with Crippen LogP contribution in [0.15, 0.2) is 217 Å². The normalized spacial score (nSPS) is 12.9. The molecule has 0 aliphatic heterocycles. The van der Waals surface area contributed by atoms with Gasteiger partial charge in [-0.1, -0.05) is 164 Å². The van der Waals surface area contributed by atoms with E-state index < -0.39 is 5.41 Å². The molecule has 1 aliphatic carbocycles. The Balaban J connectivity index is 1.14. The van der Waals surface area contributed by atoms with E-state index in [2.05, 4.69) is 217 Å². The molecule has 1 heterocycles. The number of anilines is 3. The molecule has 0 unspecified atom stereocenters. The van der Waals surface area contributed by atoms with Gasteiger partial charge in [0.05, 0.1) is 5.41 Å². The first-order valence-electron chi connectivity index (χ1n) is 18.9. The Morgan fingerprint density at radius 1 is 0.345 bits per heavy atom. The predicted molar refractivity (Wildman–Crippen MR) is 229 cm³/mol. The third-order valence-corrected chi connectivity index (χ3v) is 11.5. The molecule has 0 bridgehead atoms. The van der Waals surface area contributed by atoms with Crippen LogP contribution in [0.1, 0.15) is 22.3 Å². The van der Waals surface area contributed by atoms with Crippen molar-refractivity contribution in [3.05, 3.63) is 235 Å². The Morgan fingerprint density at radius 2 is 0.909 bits per heavy atom. The van der Waals surface area contributed by atoms with Gasteiger partial charge in [0.15, 0.2) is 0 Å². The van der Waals surface area contributed by atoms with Crippen molar-refractivity contribution in [3.8, 4) is 22.3 Å². The zero-order valence-electron chi connectivity index (χ0n) is 30.1. The van der Waals surface area contributed by atoms with Crippen molar-refractivity contribution in [1.29, 1.82) is 0 Å². The van der Waals surface area contributed by atoms with Gasteiger partial charge in [-0.15, -0.1) is 0 Å². The molecule has 11 rings (SSSR count). The molecule has 9 aromatic carbocycles. The van der Waals surface area contributed by atoms with Gasteiger partial charge < -0.3 is 9.32 Å². The summed E-state index contributed by atoms with van der Waals surface area (Å²) < 4.78 is 6.86. The minimum atomic E-state index is -0.493. The maximum absolute atomic E-state index is 6.86. The SMILES string of the molecule is c1ccc(-c2cc3c4ccc(N(c5ccccc5)c5ccc6c(c5)C(c5ccccc5)(c5ccccc5)c5ccccc5-6)cc4oc3c3ccccc23)cc1. The molecule has 0 radical (unpaired) electrons. The summed E-state index contributed by atoms with van der Waals surface area (Å²) in [7, 11) is 0. The van der Waals surface area contributed by atoms with Gasteiger partial charge in [-0.05, 0) is 92.4 Å². The number of benzene rings is 9. The quantitative estimate of drug-likeness (QED) is 0.172. The molecule has 0 amide bonds. The molecular formula is C53H35NO. The van der Waals surface area contributed by atoms with Crippen molar-refractivity contribution in [1.82, 2.24) is 0 Å². The molecule has 1 aromatic heterocycles. The molecule has 2 heteroatoms. The fourth-order valence-corrected chi connectivity index (χ4v) is 9.18. The minimum absolute atomic E-state index is 0.493. The number of rotatable bonds is 6. The Hall–Kier alpha value is -7.16. The average Bonchev–Trinajstić information content (AvgIpc) is 3.78. The third kappa shape index (κ3) is 4.75. The van der Waals surface area contributed by atoms with Crippen LogP contribution in [0, 0.1) is 0 Å². The van der Waals surface area contributed by atoms with Crippen molar-refractivity contribution in [2.75, 3.05) is 4.90 Å². The van der Waals surface area contributed by atoms with Crippen LogP contribution in [0.3, 0.4) is 0 Å². The van der Waals surface area contributed by atoms with Crippen LogP contribution in [-0.4, -0.2) is 0 Å². The highest BCUT2D eigenvalue weighted by molar-refractivity contribution is 6.19. The summed E-state index contributed by atoms with van der Waals surface area (Å²) >= 11 is 0. The highest BCUT2D eigenvalue weighted by Gasteiger charge is 2.46. The van der Waals surface area contributed by atoms with Crippen LogP contribution in [-0.2, 0) is 5.41 Å². The first kappa shape index (κ1) is 31.4. The van der Waals surface area contributed by atoms with Crippen LogP contribution >= 0.6 is 0 Å². The maximum Gasteiger partial charge on any atom is 0.143 e. The van der Waals surface area contributed by atoms with Crippen molar-refractivity contribution in [2.45, 2.75) is 5.41 Å². The molecule has 0 saturated heterocycles. The highest BCUT2D eigenvalue weighted by atomic mass is 16.3. The zero-order chi connectivity index (χ0) is 36.3. The lowest BCUT2D eigenvalue weighted by Gasteiger charge is -2.35. The van der Waals surface area contributed by atoms with Crippen molar-refractivity contribution >= 4 is 49.8 Å². The smallest absolute Gasteiger partial charge is 0.143 e. The van der Waals surface area contributed by atoms with E-state index in [0.29, 0.717) is 0 Å².